The highest BCUT2D eigenvalue weighted by molar-refractivity contribution is 7.99. The van der Waals surface area contributed by atoms with Gasteiger partial charge in [0, 0.05) is 21.2 Å². The number of nitrogen functional groups attached to an aromatic ring is 2. The highest BCUT2D eigenvalue weighted by Crippen LogP contribution is 2.38. The summed E-state index contributed by atoms with van der Waals surface area (Å²) < 4.78 is 0. The fourth-order valence-electron chi connectivity index (χ4n) is 1.33. The predicted molar refractivity (Wildman–Crippen MR) is 72.5 cm³/mol. The molecular weight excluding hydrogens is 256 g/mol. The molecule has 5 heteroatoms. The molecule has 0 heterocycles. The lowest BCUT2D eigenvalue weighted by molar-refractivity contribution is 0.474. The van der Waals surface area contributed by atoms with Gasteiger partial charge in [0.05, 0.1) is 5.02 Å². The number of nitrogens with two attached hydrogens (primary N) is 2. The Morgan fingerprint density at radius 3 is 2.53 bits per heavy atom. The van der Waals surface area contributed by atoms with Crippen molar-refractivity contribution in [2.45, 2.75) is 9.79 Å². The molecule has 0 atom stereocenters. The number of halogens is 1. The highest BCUT2D eigenvalue weighted by atomic mass is 35.5. The minimum Gasteiger partial charge on any atom is -0.508 e. The van der Waals surface area contributed by atoms with Gasteiger partial charge in [0.2, 0.25) is 0 Å². The molecule has 5 N–H and O–H groups in total. The Kier molecular flexibility index (Phi) is 3.36. The third kappa shape index (κ3) is 2.78. The second-order valence-corrected chi connectivity index (χ2v) is 5.01. The zero-order valence-corrected chi connectivity index (χ0v) is 10.4. The van der Waals surface area contributed by atoms with Crippen LogP contribution >= 0.6 is 23.4 Å². The van der Waals surface area contributed by atoms with Crippen molar-refractivity contribution in [3.63, 3.8) is 0 Å². The number of anilines is 2. The van der Waals surface area contributed by atoms with Crippen LogP contribution in [0.2, 0.25) is 5.02 Å². The van der Waals surface area contributed by atoms with Crippen molar-refractivity contribution in [2.75, 3.05) is 11.5 Å². The lowest BCUT2D eigenvalue weighted by Crippen LogP contribution is -1.89. The Hall–Kier alpha value is -1.52. The maximum Gasteiger partial charge on any atom is 0.116 e. The molecule has 0 aromatic heterocycles. The lowest BCUT2D eigenvalue weighted by Gasteiger charge is -2.08. The molecule has 0 saturated heterocycles. The average Bonchev–Trinajstić information content (AvgIpc) is 2.28. The van der Waals surface area contributed by atoms with Gasteiger partial charge in [-0.3, -0.25) is 0 Å². The number of benzene rings is 2. The van der Waals surface area contributed by atoms with E-state index in [1.54, 1.807) is 36.4 Å². The van der Waals surface area contributed by atoms with Gasteiger partial charge in [-0.15, -0.1) is 0 Å². The minimum atomic E-state index is 0.168. The normalized spacial score (nSPS) is 10.4. The second kappa shape index (κ2) is 4.77. The molecule has 0 fully saturated rings. The maximum absolute atomic E-state index is 9.41. The number of hydrogen-bond donors (Lipinski definition) is 3. The molecule has 0 spiro atoms. The van der Waals surface area contributed by atoms with Crippen LogP contribution in [0.3, 0.4) is 0 Å². The topological polar surface area (TPSA) is 72.3 Å². The highest BCUT2D eigenvalue weighted by Gasteiger charge is 2.07. The number of rotatable bonds is 2. The minimum absolute atomic E-state index is 0.168. The molecule has 2 aromatic carbocycles. The number of phenols is 1. The summed E-state index contributed by atoms with van der Waals surface area (Å²) in [6, 6.07) is 10.0. The van der Waals surface area contributed by atoms with E-state index in [-0.39, 0.29) is 5.75 Å². The van der Waals surface area contributed by atoms with Crippen molar-refractivity contribution in [3.05, 3.63) is 41.4 Å². The first kappa shape index (κ1) is 12.0. The van der Waals surface area contributed by atoms with E-state index in [2.05, 4.69) is 0 Å². The summed E-state index contributed by atoms with van der Waals surface area (Å²) >= 11 is 7.43. The van der Waals surface area contributed by atoms with Crippen LogP contribution < -0.4 is 11.5 Å². The molecule has 2 aromatic rings. The summed E-state index contributed by atoms with van der Waals surface area (Å²) in [6.45, 7) is 0. The van der Waals surface area contributed by atoms with Crippen LogP contribution in [0.5, 0.6) is 5.75 Å². The summed E-state index contributed by atoms with van der Waals surface area (Å²) in [5, 5.41) is 10.0. The summed E-state index contributed by atoms with van der Waals surface area (Å²) in [6.07, 6.45) is 0. The quantitative estimate of drug-likeness (QED) is 0.576. The first-order chi connectivity index (χ1) is 8.06. The Labute approximate surface area is 108 Å². The van der Waals surface area contributed by atoms with Crippen LogP contribution in [-0.2, 0) is 0 Å². The molecule has 0 bridgehead atoms. The van der Waals surface area contributed by atoms with Crippen molar-refractivity contribution in [2.24, 2.45) is 0 Å². The molecule has 0 saturated carbocycles. The van der Waals surface area contributed by atoms with Gasteiger partial charge in [-0.1, -0.05) is 23.4 Å². The fourth-order valence-corrected chi connectivity index (χ4v) is 2.52. The summed E-state index contributed by atoms with van der Waals surface area (Å²) in [4.78, 5) is 1.56. The van der Waals surface area contributed by atoms with Gasteiger partial charge in [-0.25, -0.2) is 0 Å². The Morgan fingerprint density at radius 2 is 1.76 bits per heavy atom. The molecule has 0 unspecified atom stereocenters. The third-order valence-corrected chi connectivity index (χ3v) is 3.75. The fraction of sp³-hybridized carbons (Fsp3) is 0. The van der Waals surface area contributed by atoms with Gasteiger partial charge in [-0.05, 0) is 36.4 Å². The zero-order chi connectivity index (χ0) is 12.4. The van der Waals surface area contributed by atoms with Crippen LogP contribution in [0.15, 0.2) is 46.2 Å². The van der Waals surface area contributed by atoms with E-state index in [1.807, 2.05) is 0 Å². The molecule has 17 heavy (non-hydrogen) atoms. The Morgan fingerprint density at radius 1 is 1.00 bits per heavy atom. The average molecular weight is 267 g/mol. The predicted octanol–water partition coefficient (Wildman–Crippen LogP) is 3.36. The van der Waals surface area contributed by atoms with Crippen molar-refractivity contribution < 1.29 is 5.11 Å². The van der Waals surface area contributed by atoms with Gasteiger partial charge in [0.25, 0.3) is 0 Å². The monoisotopic (exact) mass is 266 g/mol. The Bertz CT molecular complexity index is 511. The van der Waals surface area contributed by atoms with Crippen LogP contribution in [0.1, 0.15) is 0 Å². The standard InChI is InChI=1S/C12H11ClN2OS/c13-9-3-1-7(14)5-11(9)17-12-6-8(16)2-4-10(12)15/h1-6,16H,14-15H2. The van der Waals surface area contributed by atoms with E-state index < -0.39 is 0 Å². The molecule has 3 nitrogen and oxygen atoms in total. The van der Waals surface area contributed by atoms with Crippen LogP contribution in [0.25, 0.3) is 0 Å². The third-order valence-electron chi connectivity index (χ3n) is 2.17. The molecule has 2 rings (SSSR count). The zero-order valence-electron chi connectivity index (χ0n) is 8.85. The SMILES string of the molecule is Nc1ccc(Cl)c(Sc2cc(O)ccc2N)c1. The number of aromatic hydroxyl groups is 1. The first-order valence-corrected chi connectivity index (χ1v) is 6.07. The summed E-state index contributed by atoms with van der Waals surface area (Å²) in [5.41, 5.74) is 12.7. The molecule has 0 radical (unpaired) electrons. The molecule has 0 aliphatic carbocycles. The van der Waals surface area contributed by atoms with Crippen molar-refractivity contribution in [1.82, 2.24) is 0 Å². The largest absolute Gasteiger partial charge is 0.508 e. The molecule has 0 aliphatic heterocycles. The number of hydrogen-bond acceptors (Lipinski definition) is 4. The van der Waals surface area contributed by atoms with Gasteiger partial charge in [0.15, 0.2) is 0 Å². The van der Waals surface area contributed by atoms with Gasteiger partial charge in [0.1, 0.15) is 5.75 Å². The van der Waals surface area contributed by atoms with E-state index in [0.29, 0.717) is 16.4 Å². The van der Waals surface area contributed by atoms with Gasteiger partial charge in [-0.2, -0.15) is 0 Å². The van der Waals surface area contributed by atoms with Crippen molar-refractivity contribution in [1.29, 1.82) is 0 Å². The van der Waals surface area contributed by atoms with Crippen molar-refractivity contribution >= 4 is 34.7 Å². The first-order valence-electron chi connectivity index (χ1n) is 4.87. The van der Waals surface area contributed by atoms with Crippen LogP contribution in [-0.4, -0.2) is 5.11 Å². The molecule has 0 aliphatic rings. The maximum atomic E-state index is 9.41. The lowest BCUT2D eigenvalue weighted by atomic mass is 10.3. The number of phenolic OH excluding ortho intramolecular Hbond substituents is 1. The van der Waals surface area contributed by atoms with E-state index >= 15 is 0 Å². The van der Waals surface area contributed by atoms with Gasteiger partial charge < -0.3 is 16.6 Å². The second-order valence-electron chi connectivity index (χ2n) is 3.51. The smallest absolute Gasteiger partial charge is 0.116 e. The van der Waals surface area contributed by atoms with Crippen LogP contribution in [0.4, 0.5) is 11.4 Å². The Balaban J connectivity index is 2.37. The van der Waals surface area contributed by atoms with Crippen molar-refractivity contribution in [3.8, 4) is 5.75 Å². The summed E-state index contributed by atoms with van der Waals surface area (Å²) in [7, 11) is 0. The van der Waals surface area contributed by atoms with E-state index in [4.69, 9.17) is 23.1 Å². The molecule has 88 valence electrons. The summed E-state index contributed by atoms with van der Waals surface area (Å²) in [5.74, 6) is 0.168. The van der Waals surface area contributed by atoms with E-state index in [0.717, 1.165) is 9.79 Å². The van der Waals surface area contributed by atoms with Gasteiger partial charge >= 0.3 is 0 Å². The van der Waals surface area contributed by atoms with E-state index in [1.165, 1.54) is 11.8 Å². The van der Waals surface area contributed by atoms with E-state index in [9.17, 15) is 5.11 Å². The molecule has 0 amide bonds. The van der Waals surface area contributed by atoms with Crippen LogP contribution in [0, 0.1) is 0 Å². The molecular formula is C12H11ClN2OS.